The maximum atomic E-state index is 13.1. The molecule has 1 aromatic carbocycles. The van der Waals surface area contributed by atoms with E-state index in [1.165, 1.54) is 52.6 Å². The van der Waals surface area contributed by atoms with Crippen molar-refractivity contribution < 1.29 is 14.3 Å². The number of carbonyl (C=O) groups excluding carboxylic acids is 2. The number of nitrogens with zero attached hydrogens (tertiary/aromatic N) is 3. The predicted octanol–water partition coefficient (Wildman–Crippen LogP) is 7.27. The first kappa shape index (κ1) is 27.6. The van der Waals surface area contributed by atoms with Crippen molar-refractivity contribution in [3.8, 4) is 22.5 Å². The molecule has 1 unspecified atom stereocenters. The van der Waals surface area contributed by atoms with Gasteiger partial charge in [0.05, 0.1) is 12.9 Å². The highest BCUT2D eigenvalue weighted by Crippen LogP contribution is 2.41. The number of ether oxygens (including phenoxy) is 1. The second-order valence-corrected chi connectivity index (χ2v) is 13.2. The minimum absolute atomic E-state index is 0.137. The van der Waals surface area contributed by atoms with Gasteiger partial charge in [-0.05, 0) is 57.1 Å². The van der Waals surface area contributed by atoms with Crippen molar-refractivity contribution in [3.63, 3.8) is 0 Å². The largest absolute Gasteiger partial charge is 0.465 e. The van der Waals surface area contributed by atoms with E-state index in [1.807, 2.05) is 48.6 Å². The number of hydrogen-bond donors (Lipinski definition) is 1. The number of anilines is 1. The molecule has 3 heterocycles. The predicted molar refractivity (Wildman–Crippen MR) is 160 cm³/mol. The average Bonchev–Trinajstić information content (AvgIpc) is 3.61. The third-order valence-electron chi connectivity index (χ3n) is 6.95. The SMILES string of the molecule is COC(=O)c1c(NC(=O)CSc2nnc(-c3csc4c3CCC(C)C4)n2C(C)C)sc(C)c1-c1ccccc1. The van der Waals surface area contributed by atoms with Crippen LogP contribution in [-0.4, -0.2) is 39.5 Å². The van der Waals surface area contributed by atoms with Crippen LogP contribution < -0.4 is 5.32 Å². The van der Waals surface area contributed by atoms with E-state index >= 15 is 0 Å². The minimum Gasteiger partial charge on any atom is -0.465 e. The lowest BCUT2D eigenvalue weighted by molar-refractivity contribution is -0.113. The molecule has 1 aliphatic rings. The Bertz CT molecular complexity index is 1500. The second-order valence-electron chi connectivity index (χ2n) is 10.1. The maximum absolute atomic E-state index is 13.1. The van der Waals surface area contributed by atoms with E-state index in [4.69, 9.17) is 4.74 Å². The quantitative estimate of drug-likeness (QED) is 0.174. The summed E-state index contributed by atoms with van der Waals surface area (Å²) in [5.41, 5.74) is 4.65. The maximum Gasteiger partial charge on any atom is 0.341 e. The zero-order valence-corrected chi connectivity index (χ0v) is 25.2. The minimum atomic E-state index is -0.473. The van der Waals surface area contributed by atoms with E-state index < -0.39 is 5.97 Å². The topological polar surface area (TPSA) is 86.1 Å². The highest BCUT2D eigenvalue weighted by Gasteiger charge is 2.27. The van der Waals surface area contributed by atoms with Crippen LogP contribution in [0.15, 0.2) is 40.9 Å². The van der Waals surface area contributed by atoms with Crippen LogP contribution in [0.5, 0.6) is 0 Å². The molecule has 204 valence electrons. The van der Waals surface area contributed by atoms with E-state index in [0.717, 1.165) is 34.7 Å². The van der Waals surface area contributed by atoms with Gasteiger partial charge in [-0.3, -0.25) is 9.36 Å². The van der Waals surface area contributed by atoms with Crippen molar-refractivity contribution in [2.45, 2.75) is 58.2 Å². The molecule has 10 heteroatoms. The van der Waals surface area contributed by atoms with Gasteiger partial charge in [-0.15, -0.1) is 32.9 Å². The van der Waals surface area contributed by atoms with E-state index in [0.29, 0.717) is 21.6 Å². The Kier molecular flexibility index (Phi) is 8.25. The van der Waals surface area contributed by atoms with E-state index in [2.05, 4.69) is 46.2 Å². The molecule has 1 amide bonds. The number of aryl methyl sites for hydroxylation is 1. The van der Waals surface area contributed by atoms with Crippen LogP contribution in [0.25, 0.3) is 22.5 Å². The van der Waals surface area contributed by atoms with Crippen molar-refractivity contribution in [1.82, 2.24) is 14.8 Å². The van der Waals surface area contributed by atoms with Crippen molar-refractivity contribution in [1.29, 1.82) is 0 Å². The van der Waals surface area contributed by atoms with Gasteiger partial charge in [0.1, 0.15) is 10.6 Å². The lowest BCUT2D eigenvalue weighted by Crippen LogP contribution is -2.16. The lowest BCUT2D eigenvalue weighted by atomic mass is 9.88. The lowest BCUT2D eigenvalue weighted by Gasteiger charge is -2.19. The fraction of sp³-hybridized carbons (Fsp3) is 0.379. The number of amides is 1. The van der Waals surface area contributed by atoms with Crippen molar-refractivity contribution in [3.05, 3.63) is 56.6 Å². The van der Waals surface area contributed by atoms with Crippen LogP contribution in [0.3, 0.4) is 0 Å². The number of rotatable bonds is 8. The molecular weight excluding hydrogens is 549 g/mol. The Morgan fingerprint density at radius 3 is 2.72 bits per heavy atom. The number of esters is 1. The highest BCUT2D eigenvalue weighted by molar-refractivity contribution is 7.99. The zero-order valence-electron chi connectivity index (χ0n) is 22.7. The number of methoxy groups -OCH3 is 1. The molecular formula is C29H32N4O3S3. The number of thioether (sulfide) groups is 1. The average molecular weight is 581 g/mol. The molecule has 5 rings (SSSR count). The van der Waals surface area contributed by atoms with Crippen LogP contribution in [-0.2, 0) is 22.4 Å². The number of aromatic nitrogens is 3. The molecule has 0 saturated heterocycles. The van der Waals surface area contributed by atoms with E-state index in [-0.39, 0.29) is 17.7 Å². The molecule has 1 N–H and O–H groups in total. The van der Waals surface area contributed by atoms with Gasteiger partial charge in [-0.25, -0.2) is 4.79 Å². The number of hydrogen-bond acceptors (Lipinski definition) is 8. The van der Waals surface area contributed by atoms with Gasteiger partial charge >= 0.3 is 5.97 Å². The summed E-state index contributed by atoms with van der Waals surface area (Å²) in [5, 5.41) is 15.4. The van der Waals surface area contributed by atoms with Gasteiger partial charge in [0.25, 0.3) is 0 Å². The first-order chi connectivity index (χ1) is 18.8. The molecule has 39 heavy (non-hydrogen) atoms. The third kappa shape index (κ3) is 5.55. The zero-order chi connectivity index (χ0) is 27.7. The van der Waals surface area contributed by atoms with Gasteiger partial charge in [-0.2, -0.15) is 0 Å². The Morgan fingerprint density at radius 1 is 1.23 bits per heavy atom. The molecule has 3 aromatic heterocycles. The molecule has 0 aliphatic heterocycles. The Balaban J connectivity index is 1.36. The molecule has 0 spiro atoms. The molecule has 4 aromatic rings. The monoisotopic (exact) mass is 580 g/mol. The Morgan fingerprint density at radius 2 is 2.00 bits per heavy atom. The number of fused-ring (bicyclic) bond motifs is 1. The number of nitrogens with one attached hydrogen (secondary N) is 1. The third-order valence-corrected chi connectivity index (χ3v) is 9.96. The highest BCUT2D eigenvalue weighted by atomic mass is 32.2. The van der Waals surface area contributed by atoms with Crippen LogP contribution in [0.4, 0.5) is 5.00 Å². The van der Waals surface area contributed by atoms with Crippen molar-refractivity contribution >= 4 is 51.3 Å². The van der Waals surface area contributed by atoms with Gasteiger partial charge in [0.2, 0.25) is 5.91 Å². The summed E-state index contributed by atoms with van der Waals surface area (Å²) < 4.78 is 7.21. The summed E-state index contributed by atoms with van der Waals surface area (Å²) in [6, 6.07) is 9.81. The number of thiophene rings is 2. The second kappa shape index (κ2) is 11.7. The molecule has 0 saturated carbocycles. The fourth-order valence-electron chi connectivity index (χ4n) is 5.06. The summed E-state index contributed by atoms with van der Waals surface area (Å²) in [6.07, 6.45) is 3.38. The van der Waals surface area contributed by atoms with Crippen LogP contribution in [0, 0.1) is 12.8 Å². The van der Waals surface area contributed by atoms with Gasteiger partial charge in [0.15, 0.2) is 11.0 Å². The summed E-state index contributed by atoms with van der Waals surface area (Å²) in [7, 11) is 1.35. The smallest absolute Gasteiger partial charge is 0.341 e. The summed E-state index contributed by atoms with van der Waals surface area (Å²) in [6.45, 7) is 8.48. The first-order valence-corrected chi connectivity index (χ1v) is 15.7. The summed E-state index contributed by atoms with van der Waals surface area (Å²) in [4.78, 5) is 28.3. The molecule has 0 bridgehead atoms. The fourth-order valence-corrected chi connectivity index (χ4v) is 8.25. The Labute approximate surface area is 241 Å². The number of benzene rings is 1. The van der Waals surface area contributed by atoms with Crippen LogP contribution in [0.1, 0.15) is 58.9 Å². The van der Waals surface area contributed by atoms with Gasteiger partial charge in [0, 0.05) is 32.3 Å². The van der Waals surface area contributed by atoms with Crippen LogP contribution in [0.2, 0.25) is 0 Å². The molecule has 7 nitrogen and oxygen atoms in total. The van der Waals surface area contributed by atoms with Gasteiger partial charge < -0.3 is 10.1 Å². The van der Waals surface area contributed by atoms with Crippen LogP contribution >= 0.6 is 34.4 Å². The van der Waals surface area contributed by atoms with Crippen molar-refractivity contribution in [2.75, 3.05) is 18.2 Å². The van der Waals surface area contributed by atoms with Gasteiger partial charge in [-0.1, -0.05) is 49.0 Å². The molecule has 0 fully saturated rings. The Hall–Kier alpha value is -2.95. The molecule has 0 radical (unpaired) electrons. The standard InChI is InChI=1S/C29H32N4O3S3/c1-16(2)33-26(21-14-37-22-13-17(3)11-12-20(21)22)31-32-29(33)38-15-23(34)30-27-25(28(35)36-5)24(18(4)39-27)19-9-7-6-8-10-19/h6-10,14,16-17H,11-13,15H2,1-5H3,(H,30,34). The summed E-state index contributed by atoms with van der Waals surface area (Å²) in [5.74, 6) is 1.04. The van der Waals surface area contributed by atoms with Crippen molar-refractivity contribution in [2.24, 2.45) is 5.92 Å². The van der Waals surface area contributed by atoms with E-state index in [9.17, 15) is 9.59 Å². The first-order valence-electron chi connectivity index (χ1n) is 13.0. The molecule has 1 atom stereocenters. The molecule has 1 aliphatic carbocycles. The number of carbonyl (C=O) groups is 2. The van der Waals surface area contributed by atoms with E-state index in [1.54, 1.807) is 0 Å². The normalized spacial score (nSPS) is 14.9. The summed E-state index contributed by atoms with van der Waals surface area (Å²) >= 11 is 4.55.